The number of H-pyrrole nitrogens is 2. The van der Waals surface area contributed by atoms with Crippen molar-refractivity contribution in [2.24, 2.45) is 0 Å². The normalized spacial score (nSPS) is 11.0. The molecular weight excluding hydrogens is 344 g/mol. The van der Waals surface area contributed by atoms with Crippen LogP contribution in [0.5, 0.6) is 0 Å². The summed E-state index contributed by atoms with van der Waals surface area (Å²) in [6.45, 7) is 1.26. The van der Waals surface area contributed by atoms with E-state index >= 15 is 0 Å². The molecule has 136 valence electrons. The van der Waals surface area contributed by atoms with Crippen molar-refractivity contribution in [1.29, 1.82) is 0 Å². The van der Waals surface area contributed by atoms with Crippen LogP contribution in [0.1, 0.15) is 11.3 Å². The summed E-state index contributed by atoms with van der Waals surface area (Å²) in [6.07, 6.45) is 1.87. The number of hydrogen-bond donors (Lipinski definition) is 3. The van der Waals surface area contributed by atoms with Crippen LogP contribution >= 0.6 is 0 Å². The molecule has 5 heteroatoms. The molecule has 0 aliphatic rings. The Hall–Kier alpha value is -3.18. The summed E-state index contributed by atoms with van der Waals surface area (Å²) in [4.78, 5) is 6.35. The van der Waals surface area contributed by atoms with Gasteiger partial charge in [0.1, 0.15) is 11.6 Å². The van der Waals surface area contributed by atoms with E-state index in [9.17, 15) is 8.78 Å². The van der Waals surface area contributed by atoms with Crippen molar-refractivity contribution in [3.8, 4) is 22.5 Å². The molecule has 3 nitrogen and oxygen atoms in total. The molecule has 0 saturated heterocycles. The predicted octanol–water partition coefficient (Wildman–Crippen LogP) is 5.24. The Balaban J connectivity index is 1.37. The molecule has 0 aliphatic carbocycles. The van der Waals surface area contributed by atoms with Crippen molar-refractivity contribution >= 4 is 0 Å². The topological polar surface area (TPSA) is 43.6 Å². The Labute approximate surface area is 156 Å². The fraction of sp³-hybridized carbons (Fsp3) is 0.0909. The van der Waals surface area contributed by atoms with Crippen LogP contribution in [0.25, 0.3) is 22.5 Å². The minimum absolute atomic E-state index is 0.244. The second-order valence-electron chi connectivity index (χ2n) is 6.38. The average molecular weight is 363 g/mol. The van der Waals surface area contributed by atoms with Crippen LogP contribution in [0.3, 0.4) is 0 Å². The van der Waals surface area contributed by atoms with Crippen LogP contribution in [0, 0.1) is 11.6 Å². The van der Waals surface area contributed by atoms with Gasteiger partial charge in [-0.25, -0.2) is 8.78 Å². The summed E-state index contributed by atoms with van der Waals surface area (Å²) in [5.74, 6) is -0.488. The predicted molar refractivity (Wildman–Crippen MR) is 103 cm³/mol. The minimum Gasteiger partial charge on any atom is -0.361 e. The van der Waals surface area contributed by atoms with Crippen molar-refractivity contribution in [3.05, 3.63) is 95.8 Å². The van der Waals surface area contributed by atoms with Crippen molar-refractivity contribution in [1.82, 2.24) is 15.3 Å². The number of nitrogens with one attached hydrogen (secondary N) is 3. The van der Waals surface area contributed by atoms with E-state index in [-0.39, 0.29) is 11.6 Å². The molecule has 4 rings (SSSR count). The van der Waals surface area contributed by atoms with E-state index in [2.05, 4.69) is 15.3 Å². The van der Waals surface area contributed by atoms with E-state index in [1.807, 2.05) is 36.5 Å². The quantitative estimate of drug-likeness (QED) is 0.431. The van der Waals surface area contributed by atoms with Gasteiger partial charge in [0.25, 0.3) is 0 Å². The molecular formula is C22H19F2N3. The van der Waals surface area contributed by atoms with E-state index in [0.29, 0.717) is 24.2 Å². The first-order chi connectivity index (χ1) is 13.2. The Morgan fingerprint density at radius 3 is 2.11 bits per heavy atom. The second kappa shape index (κ2) is 7.60. The molecule has 2 heterocycles. The molecule has 0 bridgehead atoms. The maximum Gasteiger partial charge on any atom is 0.132 e. The molecule has 0 spiro atoms. The first-order valence-electron chi connectivity index (χ1n) is 8.76. The van der Waals surface area contributed by atoms with Crippen LogP contribution in [0.2, 0.25) is 0 Å². The largest absolute Gasteiger partial charge is 0.361 e. The van der Waals surface area contributed by atoms with Gasteiger partial charge in [0.2, 0.25) is 0 Å². The zero-order valence-electron chi connectivity index (χ0n) is 14.6. The maximum atomic E-state index is 13.9. The van der Waals surface area contributed by atoms with Gasteiger partial charge >= 0.3 is 0 Å². The number of halogens is 2. The first kappa shape index (κ1) is 17.2. The highest BCUT2D eigenvalue weighted by Crippen LogP contribution is 2.23. The zero-order valence-corrected chi connectivity index (χ0v) is 14.6. The summed E-state index contributed by atoms with van der Waals surface area (Å²) in [7, 11) is 0. The first-order valence-corrected chi connectivity index (χ1v) is 8.76. The summed E-state index contributed by atoms with van der Waals surface area (Å²) in [5.41, 5.74) is 4.64. The molecule has 4 aromatic rings. The maximum absolute atomic E-state index is 13.9. The lowest BCUT2D eigenvalue weighted by atomic mass is 10.1. The fourth-order valence-corrected chi connectivity index (χ4v) is 3.10. The second-order valence-corrected chi connectivity index (χ2v) is 6.38. The Morgan fingerprint density at radius 2 is 1.41 bits per heavy atom. The molecule has 0 amide bonds. The van der Waals surface area contributed by atoms with Gasteiger partial charge in [-0.2, -0.15) is 0 Å². The third-order valence-electron chi connectivity index (χ3n) is 4.46. The molecule has 0 aliphatic heterocycles. The summed E-state index contributed by atoms with van der Waals surface area (Å²) >= 11 is 0. The van der Waals surface area contributed by atoms with Gasteiger partial charge in [-0.3, -0.25) is 0 Å². The smallest absolute Gasteiger partial charge is 0.132 e. The van der Waals surface area contributed by atoms with Crippen LogP contribution in [-0.2, 0) is 13.1 Å². The molecule has 0 fully saturated rings. The number of benzene rings is 2. The molecule has 0 saturated carbocycles. The van der Waals surface area contributed by atoms with Gasteiger partial charge in [0, 0.05) is 47.5 Å². The summed E-state index contributed by atoms with van der Waals surface area (Å²) < 4.78 is 27.7. The number of aromatic amines is 2. The van der Waals surface area contributed by atoms with Crippen LogP contribution in [0.4, 0.5) is 8.78 Å². The third kappa shape index (κ3) is 3.83. The van der Waals surface area contributed by atoms with Gasteiger partial charge in [-0.1, -0.05) is 24.3 Å². The van der Waals surface area contributed by atoms with E-state index in [1.165, 1.54) is 12.1 Å². The summed E-state index contributed by atoms with van der Waals surface area (Å²) in [6, 6.07) is 19.1. The number of aromatic nitrogens is 2. The van der Waals surface area contributed by atoms with Crippen LogP contribution < -0.4 is 5.32 Å². The van der Waals surface area contributed by atoms with Gasteiger partial charge < -0.3 is 15.3 Å². The van der Waals surface area contributed by atoms with Crippen LogP contribution in [-0.4, -0.2) is 9.97 Å². The lowest BCUT2D eigenvalue weighted by Crippen LogP contribution is -2.12. The van der Waals surface area contributed by atoms with Gasteiger partial charge in [-0.05, 0) is 48.0 Å². The minimum atomic E-state index is -0.245. The molecule has 0 atom stereocenters. The number of rotatable bonds is 6. The standard InChI is InChI=1S/C22H19F2N3/c23-19-7-3-1-5-17(19)21-10-9-16(27-21)14-25-12-15-11-22(26-13-15)18-6-2-4-8-20(18)24/h1-11,13,25-27H,12,14H2. The lowest BCUT2D eigenvalue weighted by Gasteiger charge is -2.03. The van der Waals surface area contributed by atoms with Gasteiger partial charge in [0.05, 0.1) is 0 Å². The highest BCUT2D eigenvalue weighted by atomic mass is 19.1. The zero-order chi connectivity index (χ0) is 18.6. The van der Waals surface area contributed by atoms with E-state index in [0.717, 1.165) is 22.6 Å². The van der Waals surface area contributed by atoms with Crippen LogP contribution in [0.15, 0.2) is 72.9 Å². The van der Waals surface area contributed by atoms with Crippen molar-refractivity contribution < 1.29 is 8.78 Å². The monoisotopic (exact) mass is 363 g/mol. The Kier molecular flexibility index (Phi) is 4.85. The summed E-state index contributed by atoms with van der Waals surface area (Å²) in [5, 5.41) is 3.34. The van der Waals surface area contributed by atoms with E-state index in [4.69, 9.17) is 0 Å². The van der Waals surface area contributed by atoms with Gasteiger partial charge in [-0.15, -0.1) is 0 Å². The fourth-order valence-electron chi connectivity index (χ4n) is 3.10. The molecule has 0 radical (unpaired) electrons. The molecule has 2 aromatic heterocycles. The Bertz CT molecular complexity index is 965. The van der Waals surface area contributed by atoms with Crippen molar-refractivity contribution in [2.45, 2.75) is 13.1 Å². The lowest BCUT2D eigenvalue weighted by molar-refractivity contribution is 0.630. The highest BCUT2D eigenvalue weighted by molar-refractivity contribution is 5.61. The van der Waals surface area contributed by atoms with E-state index in [1.54, 1.807) is 24.3 Å². The third-order valence-corrected chi connectivity index (χ3v) is 4.46. The van der Waals surface area contributed by atoms with Gasteiger partial charge in [0.15, 0.2) is 0 Å². The van der Waals surface area contributed by atoms with E-state index < -0.39 is 0 Å². The molecule has 0 unspecified atom stereocenters. The Morgan fingerprint density at radius 1 is 0.741 bits per heavy atom. The van der Waals surface area contributed by atoms with Crippen molar-refractivity contribution in [2.75, 3.05) is 0 Å². The highest BCUT2D eigenvalue weighted by Gasteiger charge is 2.08. The molecule has 2 aromatic carbocycles. The number of hydrogen-bond acceptors (Lipinski definition) is 1. The molecule has 3 N–H and O–H groups in total. The molecule has 27 heavy (non-hydrogen) atoms. The van der Waals surface area contributed by atoms with Crippen molar-refractivity contribution in [3.63, 3.8) is 0 Å². The average Bonchev–Trinajstić information content (AvgIpc) is 3.33. The SMILES string of the molecule is Fc1ccccc1-c1cc(CNCc2ccc(-c3ccccc3F)[nH]2)c[nH]1.